The molecule has 1 amide bonds. The van der Waals surface area contributed by atoms with Crippen LogP contribution < -0.4 is 10.6 Å². The van der Waals surface area contributed by atoms with Gasteiger partial charge in [0.1, 0.15) is 0 Å². The van der Waals surface area contributed by atoms with E-state index in [1.165, 1.54) is 12.1 Å². The molecule has 0 radical (unpaired) electrons. The van der Waals surface area contributed by atoms with Crippen LogP contribution in [0.5, 0.6) is 0 Å². The van der Waals surface area contributed by atoms with Crippen LogP contribution in [0.25, 0.3) is 10.8 Å². The quantitative estimate of drug-likeness (QED) is 0.0731. The minimum Gasteiger partial charge on any atom is -0.351 e. The fourth-order valence-electron chi connectivity index (χ4n) is 5.49. The van der Waals surface area contributed by atoms with Crippen molar-refractivity contribution in [3.8, 4) is 0 Å². The van der Waals surface area contributed by atoms with Crippen LogP contribution in [0.1, 0.15) is 37.1 Å². The van der Waals surface area contributed by atoms with Gasteiger partial charge in [-0.05, 0) is 58.2 Å². The van der Waals surface area contributed by atoms with Crippen LogP contribution >= 0.6 is 28.1 Å². The number of nitro groups is 1. The van der Waals surface area contributed by atoms with Gasteiger partial charge in [-0.3, -0.25) is 14.9 Å². The minimum atomic E-state index is -0.420. The summed E-state index contributed by atoms with van der Waals surface area (Å²) in [4.78, 5) is 30.6. The van der Waals surface area contributed by atoms with E-state index in [1.807, 2.05) is 41.0 Å². The Bertz CT molecular complexity index is 1860. The maximum Gasteiger partial charge on any atom is 0.269 e. The van der Waals surface area contributed by atoms with Gasteiger partial charge < -0.3 is 20.1 Å². The molecule has 0 bridgehead atoms. The number of anilines is 1. The lowest BCUT2D eigenvalue weighted by atomic mass is 9.97. The molecule has 0 saturated heterocycles. The first-order chi connectivity index (χ1) is 22.7. The average Bonchev–Trinajstić information content (AvgIpc) is 3.49. The number of benzene rings is 4. The summed E-state index contributed by atoms with van der Waals surface area (Å²) >= 11 is 9.56. The smallest absolute Gasteiger partial charge is 0.269 e. The minimum absolute atomic E-state index is 0.0379. The first-order valence-corrected chi connectivity index (χ1v) is 16.7. The number of nitrogens with one attached hydrogen (secondary N) is 2. The van der Waals surface area contributed by atoms with Gasteiger partial charge in [0.25, 0.3) is 5.69 Å². The van der Waals surface area contributed by atoms with Crippen molar-refractivity contribution in [2.75, 3.05) is 11.9 Å². The Morgan fingerprint density at radius 1 is 1.06 bits per heavy atom. The molecular weight excluding hydrogens is 676 g/mol. The largest absolute Gasteiger partial charge is 0.351 e. The first kappa shape index (κ1) is 33.7. The van der Waals surface area contributed by atoms with Crippen molar-refractivity contribution in [3.05, 3.63) is 135 Å². The third-order valence-electron chi connectivity index (χ3n) is 8.34. The van der Waals surface area contributed by atoms with Crippen molar-refractivity contribution >= 4 is 61.3 Å². The van der Waals surface area contributed by atoms with Crippen LogP contribution in [0.15, 0.2) is 108 Å². The normalized spacial score (nSPS) is 12.3. The number of imidazole rings is 1. The van der Waals surface area contributed by atoms with Gasteiger partial charge in [0.05, 0.1) is 17.7 Å². The second-order valence-corrected chi connectivity index (χ2v) is 12.9. The topological polar surface area (TPSA) is 105 Å². The summed E-state index contributed by atoms with van der Waals surface area (Å²) in [5.74, 6) is 0.0596. The van der Waals surface area contributed by atoms with E-state index in [-0.39, 0.29) is 30.0 Å². The summed E-state index contributed by atoms with van der Waals surface area (Å²) in [6.07, 6.45) is 4.38. The molecule has 4 aromatic carbocycles. The third kappa shape index (κ3) is 9.02. The third-order valence-corrected chi connectivity index (χ3v) is 9.19. The first-order valence-electron chi connectivity index (χ1n) is 15.5. The molecule has 2 atom stereocenters. The molecule has 0 saturated carbocycles. The van der Waals surface area contributed by atoms with E-state index in [1.54, 1.807) is 24.7 Å². The van der Waals surface area contributed by atoms with Gasteiger partial charge in [0, 0.05) is 59.9 Å². The highest BCUT2D eigenvalue weighted by atomic mass is 79.9. The molecule has 0 fully saturated rings. The van der Waals surface area contributed by atoms with Gasteiger partial charge in [0.2, 0.25) is 5.91 Å². The number of carbonyl (C=O) groups excluding carboxylic acids is 1. The van der Waals surface area contributed by atoms with Crippen molar-refractivity contribution in [2.24, 2.45) is 5.92 Å². The number of non-ortho nitro benzene ring substituents is 1. The molecule has 242 valence electrons. The van der Waals surface area contributed by atoms with Crippen LogP contribution in [0, 0.1) is 16.0 Å². The molecule has 5 aromatic rings. The Labute approximate surface area is 288 Å². The van der Waals surface area contributed by atoms with Crippen molar-refractivity contribution < 1.29 is 9.72 Å². The zero-order valence-electron chi connectivity index (χ0n) is 26.3. The molecule has 0 aliphatic heterocycles. The second kappa shape index (κ2) is 15.8. The summed E-state index contributed by atoms with van der Waals surface area (Å²) in [6.45, 7) is 5.78. The molecule has 9 nitrogen and oxygen atoms in total. The highest BCUT2D eigenvalue weighted by Gasteiger charge is 2.24. The number of fused-ring (bicyclic) bond motifs is 1. The molecular formula is C36H37BrN6O3S. The maximum absolute atomic E-state index is 13.6. The Hall–Kier alpha value is -4.61. The number of aromatic nitrogens is 2. The van der Waals surface area contributed by atoms with Crippen LogP contribution in [-0.2, 0) is 24.3 Å². The Morgan fingerprint density at radius 2 is 1.81 bits per heavy atom. The standard InChI is InChI=1S/C36H37BrN6O3S/c1-3-25(2)34(40-35(44)19-32-20-38-24-42(32)21-26-14-16-31(17-15-26)43(45)46)23-41(36(47)39-30-12-7-11-29(37)18-30)22-28-10-6-9-27-8-4-5-13-33(27)28/h4-18,20,24-25,34H,3,19,21-23H2,1-2H3,(H,39,47)(H,40,44). The number of thiocarbonyl (C=S) groups is 1. The predicted molar refractivity (Wildman–Crippen MR) is 194 cm³/mol. The zero-order valence-corrected chi connectivity index (χ0v) is 28.7. The molecule has 2 unspecified atom stereocenters. The van der Waals surface area contributed by atoms with Crippen LogP contribution in [0.2, 0.25) is 0 Å². The molecule has 1 heterocycles. The number of hydrogen-bond donors (Lipinski definition) is 2. The average molecular weight is 714 g/mol. The van der Waals surface area contributed by atoms with Gasteiger partial charge in [-0.25, -0.2) is 4.98 Å². The fourth-order valence-corrected chi connectivity index (χ4v) is 6.15. The maximum atomic E-state index is 13.6. The highest BCUT2D eigenvalue weighted by Crippen LogP contribution is 2.23. The number of amides is 1. The second-order valence-electron chi connectivity index (χ2n) is 11.6. The number of halogens is 1. The number of nitro benzene ring substituents is 1. The molecule has 2 N–H and O–H groups in total. The Kier molecular flexibility index (Phi) is 11.3. The van der Waals surface area contributed by atoms with Crippen LogP contribution in [0.3, 0.4) is 0 Å². The lowest BCUT2D eigenvalue weighted by Gasteiger charge is -2.33. The van der Waals surface area contributed by atoms with Gasteiger partial charge in [-0.15, -0.1) is 0 Å². The van der Waals surface area contributed by atoms with E-state index in [0.717, 1.165) is 44.2 Å². The molecule has 11 heteroatoms. The summed E-state index contributed by atoms with van der Waals surface area (Å²) < 4.78 is 2.84. The van der Waals surface area contributed by atoms with Crippen molar-refractivity contribution in [3.63, 3.8) is 0 Å². The van der Waals surface area contributed by atoms with Gasteiger partial charge in [-0.2, -0.15) is 0 Å². The highest BCUT2D eigenvalue weighted by molar-refractivity contribution is 9.10. The summed E-state index contributed by atoms with van der Waals surface area (Å²) in [7, 11) is 0. The number of carbonyl (C=O) groups is 1. The molecule has 5 rings (SSSR count). The number of rotatable bonds is 13. The number of hydrogen-bond acceptors (Lipinski definition) is 5. The Balaban J connectivity index is 1.34. The Morgan fingerprint density at radius 3 is 2.55 bits per heavy atom. The SMILES string of the molecule is CCC(C)C(CN(Cc1cccc2ccccc12)C(=S)Nc1cccc(Br)c1)NC(=O)Cc1cncn1Cc1ccc([N+](=O)[O-])cc1. The van der Waals surface area contributed by atoms with E-state index in [2.05, 4.69) is 80.6 Å². The van der Waals surface area contributed by atoms with E-state index in [9.17, 15) is 14.9 Å². The molecule has 0 aliphatic carbocycles. The van der Waals surface area contributed by atoms with E-state index < -0.39 is 4.92 Å². The van der Waals surface area contributed by atoms with Gasteiger partial charge in [-0.1, -0.05) is 96.9 Å². The van der Waals surface area contributed by atoms with Crippen molar-refractivity contribution in [2.45, 2.75) is 45.8 Å². The summed E-state index contributed by atoms with van der Waals surface area (Å²) in [5.41, 5.74) is 3.69. The summed E-state index contributed by atoms with van der Waals surface area (Å²) in [5, 5.41) is 20.6. The van der Waals surface area contributed by atoms with Crippen molar-refractivity contribution in [1.29, 1.82) is 0 Å². The monoisotopic (exact) mass is 712 g/mol. The lowest BCUT2D eigenvalue weighted by molar-refractivity contribution is -0.384. The van der Waals surface area contributed by atoms with Crippen LogP contribution in [-0.4, -0.2) is 43.0 Å². The molecule has 0 spiro atoms. The molecule has 0 aliphatic rings. The molecule has 1 aromatic heterocycles. The van der Waals surface area contributed by atoms with E-state index >= 15 is 0 Å². The van der Waals surface area contributed by atoms with Crippen molar-refractivity contribution in [1.82, 2.24) is 19.8 Å². The zero-order chi connectivity index (χ0) is 33.3. The van der Waals surface area contributed by atoms with E-state index in [0.29, 0.717) is 24.7 Å². The predicted octanol–water partition coefficient (Wildman–Crippen LogP) is 7.73. The van der Waals surface area contributed by atoms with Gasteiger partial charge in [0.15, 0.2) is 5.11 Å². The van der Waals surface area contributed by atoms with Gasteiger partial charge >= 0.3 is 0 Å². The van der Waals surface area contributed by atoms with E-state index in [4.69, 9.17) is 12.2 Å². The van der Waals surface area contributed by atoms with Crippen LogP contribution in [0.4, 0.5) is 11.4 Å². The number of nitrogens with zero attached hydrogens (tertiary/aromatic N) is 4. The lowest BCUT2D eigenvalue weighted by Crippen LogP contribution is -2.50. The molecule has 47 heavy (non-hydrogen) atoms. The summed E-state index contributed by atoms with van der Waals surface area (Å²) in [6, 6.07) is 28.7. The fraction of sp³-hybridized carbons (Fsp3) is 0.250.